The van der Waals surface area contributed by atoms with E-state index in [2.05, 4.69) is 0 Å². The topological polar surface area (TPSA) is 43.1 Å². The summed E-state index contributed by atoms with van der Waals surface area (Å²) in [5, 5.41) is 0. The van der Waals surface area contributed by atoms with Gasteiger partial charge >= 0.3 is 0 Å². The maximum Gasteiger partial charge on any atom is 0.248 e. The smallest absolute Gasteiger partial charge is 0.248 e. The van der Waals surface area contributed by atoms with Gasteiger partial charge < -0.3 is 5.73 Å². The summed E-state index contributed by atoms with van der Waals surface area (Å²) >= 11 is 0. The van der Waals surface area contributed by atoms with E-state index in [4.69, 9.17) is 5.73 Å². The van der Waals surface area contributed by atoms with Gasteiger partial charge in [0.25, 0.3) is 0 Å². The van der Waals surface area contributed by atoms with Gasteiger partial charge in [-0.15, -0.1) is 0 Å². The van der Waals surface area contributed by atoms with Crippen LogP contribution in [0.15, 0.2) is 30.3 Å². The molecule has 1 saturated carbocycles. The molecule has 0 bridgehead atoms. The molecular formula is C16H21F2NO. The van der Waals surface area contributed by atoms with Gasteiger partial charge in [0.15, 0.2) is 0 Å². The fraction of sp³-hybridized carbons (Fsp3) is 0.562. The summed E-state index contributed by atoms with van der Waals surface area (Å²) in [7, 11) is 0. The van der Waals surface area contributed by atoms with E-state index in [1.165, 1.54) is 5.56 Å². The molecule has 1 aliphatic carbocycles. The van der Waals surface area contributed by atoms with Crippen LogP contribution < -0.4 is 5.73 Å². The highest BCUT2D eigenvalue weighted by atomic mass is 19.3. The largest absolute Gasteiger partial charge is 0.369 e. The van der Waals surface area contributed by atoms with Crippen molar-refractivity contribution in [1.82, 2.24) is 0 Å². The molecule has 0 unspecified atom stereocenters. The second-order valence-electron chi connectivity index (χ2n) is 5.84. The number of rotatable bonds is 5. The molecule has 2 rings (SSSR count). The number of benzene rings is 1. The van der Waals surface area contributed by atoms with Gasteiger partial charge in [-0.25, -0.2) is 8.78 Å². The molecule has 0 spiro atoms. The summed E-state index contributed by atoms with van der Waals surface area (Å²) in [5.74, 6) is -3.04. The fourth-order valence-corrected chi connectivity index (χ4v) is 2.99. The molecule has 2 N–H and O–H groups in total. The van der Waals surface area contributed by atoms with E-state index in [1.54, 1.807) is 0 Å². The molecule has 2 nitrogen and oxygen atoms in total. The molecule has 110 valence electrons. The Morgan fingerprint density at radius 2 is 1.70 bits per heavy atom. The van der Waals surface area contributed by atoms with Gasteiger partial charge in [0.05, 0.1) is 0 Å². The van der Waals surface area contributed by atoms with Gasteiger partial charge in [0.2, 0.25) is 11.8 Å². The third-order valence-electron chi connectivity index (χ3n) is 4.42. The van der Waals surface area contributed by atoms with Gasteiger partial charge in [-0.1, -0.05) is 30.3 Å². The number of primary amides is 1. The number of halogens is 2. The molecule has 1 aromatic rings. The summed E-state index contributed by atoms with van der Waals surface area (Å²) in [6.07, 6.45) is 2.24. The number of hydrogen-bond acceptors (Lipinski definition) is 1. The Labute approximate surface area is 118 Å². The van der Waals surface area contributed by atoms with Gasteiger partial charge in [-0.3, -0.25) is 4.79 Å². The first-order chi connectivity index (χ1) is 9.44. The van der Waals surface area contributed by atoms with Crippen LogP contribution in [0, 0.1) is 5.41 Å². The number of carbonyl (C=O) groups excluding carboxylic acids is 1. The van der Waals surface area contributed by atoms with Crippen LogP contribution in [0.2, 0.25) is 0 Å². The van der Waals surface area contributed by atoms with E-state index >= 15 is 0 Å². The maximum absolute atomic E-state index is 13.2. The van der Waals surface area contributed by atoms with Crippen LogP contribution in [0.1, 0.15) is 44.1 Å². The number of aryl methyl sites for hydroxylation is 1. The molecule has 0 heterocycles. The van der Waals surface area contributed by atoms with Crippen LogP contribution >= 0.6 is 0 Å². The Bertz CT molecular complexity index is 449. The van der Waals surface area contributed by atoms with Crippen molar-refractivity contribution >= 4 is 5.91 Å². The van der Waals surface area contributed by atoms with E-state index in [1.807, 2.05) is 30.3 Å². The third kappa shape index (κ3) is 3.56. The van der Waals surface area contributed by atoms with E-state index in [-0.39, 0.29) is 25.7 Å². The Hall–Kier alpha value is -1.45. The number of amides is 1. The zero-order valence-corrected chi connectivity index (χ0v) is 11.6. The lowest BCUT2D eigenvalue weighted by Crippen LogP contribution is -2.43. The predicted octanol–water partition coefficient (Wildman–Crippen LogP) is 3.69. The van der Waals surface area contributed by atoms with Crippen LogP contribution in [0.3, 0.4) is 0 Å². The first-order valence-corrected chi connectivity index (χ1v) is 7.15. The van der Waals surface area contributed by atoms with Gasteiger partial charge in [-0.05, 0) is 37.7 Å². The number of nitrogens with two attached hydrogens (primary N) is 1. The Morgan fingerprint density at radius 1 is 1.10 bits per heavy atom. The zero-order valence-electron chi connectivity index (χ0n) is 11.6. The standard InChI is InChI=1S/C16H21F2NO/c17-16(18)11-9-15(10-12-16,14(19)20)8-4-7-13-5-2-1-3-6-13/h1-3,5-6H,4,7-12H2,(H2,19,20). The molecule has 1 aromatic carbocycles. The van der Waals surface area contributed by atoms with Crippen LogP contribution in [-0.4, -0.2) is 11.8 Å². The average molecular weight is 281 g/mol. The summed E-state index contributed by atoms with van der Waals surface area (Å²) in [6.45, 7) is 0. The van der Waals surface area contributed by atoms with Crippen LogP contribution in [0.5, 0.6) is 0 Å². The Morgan fingerprint density at radius 3 is 2.25 bits per heavy atom. The van der Waals surface area contributed by atoms with Gasteiger partial charge in [-0.2, -0.15) is 0 Å². The van der Waals surface area contributed by atoms with Crippen molar-refractivity contribution in [3.05, 3.63) is 35.9 Å². The molecular weight excluding hydrogens is 260 g/mol. The molecule has 0 saturated heterocycles. The quantitative estimate of drug-likeness (QED) is 0.878. The molecule has 0 aliphatic heterocycles. The number of carbonyl (C=O) groups is 1. The van der Waals surface area contributed by atoms with Gasteiger partial charge in [0.1, 0.15) is 0 Å². The zero-order chi connectivity index (χ0) is 14.6. The molecule has 1 fully saturated rings. The second-order valence-corrected chi connectivity index (χ2v) is 5.84. The second kappa shape index (κ2) is 5.90. The highest BCUT2D eigenvalue weighted by Gasteiger charge is 2.46. The first-order valence-electron chi connectivity index (χ1n) is 7.15. The monoisotopic (exact) mass is 281 g/mol. The maximum atomic E-state index is 13.2. The summed E-state index contributed by atoms with van der Waals surface area (Å²) < 4.78 is 26.5. The van der Waals surface area contributed by atoms with E-state index in [0.29, 0.717) is 6.42 Å². The van der Waals surface area contributed by atoms with Crippen LogP contribution in [0.4, 0.5) is 8.78 Å². The highest BCUT2D eigenvalue weighted by molar-refractivity contribution is 5.80. The lowest BCUT2D eigenvalue weighted by molar-refractivity contribution is -0.136. The summed E-state index contributed by atoms with van der Waals surface area (Å²) in [4.78, 5) is 11.7. The molecule has 20 heavy (non-hydrogen) atoms. The average Bonchev–Trinajstić information content (AvgIpc) is 2.42. The van der Waals surface area contributed by atoms with Crippen molar-refractivity contribution in [3.8, 4) is 0 Å². The molecule has 0 aromatic heterocycles. The number of alkyl halides is 2. The highest BCUT2D eigenvalue weighted by Crippen LogP contribution is 2.46. The number of hydrogen-bond donors (Lipinski definition) is 1. The lowest BCUT2D eigenvalue weighted by atomic mass is 9.69. The fourth-order valence-electron chi connectivity index (χ4n) is 2.99. The van der Waals surface area contributed by atoms with Crippen molar-refractivity contribution in [2.75, 3.05) is 0 Å². The first kappa shape index (κ1) is 14.9. The Kier molecular flexibility index (Phi) is 4.41. The summed E-state index contributed by atoms with van der Waals surface area (Å²) in [6, 6.07) is 9.97. The molecule has 1 aliphatic rings. The van der Waals surface area contributed by atoms with Crippen molar-refractivity contribution in [3.63, 3.8) is 0 Å². The molecule has 0 atom stereocenters. The van der Waals surface area contributed by atoms with E-state index < -0.39 is 17.2 Å². The van der Waals surface area contributed by atoms with Crippen molar-refractivity contribution in [2.24, 2.45) is 11.1 Å². The van der Waals surface area contributed by atoms with Crippen molar-refractivity contribution in [2.45, 2.75) is 50.9 Å². The minimum absolute atomic E-state index is 0.212. The van der Waals surface area contributed by atoms with Crippen molar-refractivity contribution < 1.29 is 13.6 Å². The molecule has 4 heteroatoms. The third-order valence-corrected chi connectivity index (χ3v) is 4.42. The van der Waals surface area contributed by atoms with E-state index in [0.717, 1.165) is 12.8 Å². The molecule has 1 amide bonds. The lowest BCUT2D eigenvalue weighted by Gasteiger charge is -2.37. The van der Waals surface area contributed by atoms with Crippen LogP contribution in [0.25, 0.3) is 0 Å². The predicted molar refractivity (Wildman–Crippen MR) is 74.4 cm³/mol. The van der Waals surface area contributed by atoms with Gasteiger partial charge in [0, 0.05) is 18.3 Å². The minimum atomic E-state index is -2.63. The minimum Gasteiger partial charge on any atom is -0.369 e. The Balaban J connectivity index is 1.92. The van der Waals surface area contributed by atoms with E-state index in [9.17, 15) is 13.6 Å². The summed E-state index contributed by atoms with van der Waals surface area (Å²) in [5.41, 5.74) is 5.96. The SMILES string of the molecule is NC(=O)C1(CCCc2ccccc2)CCC(F)(F)CC1. The van der Waals surface area contributed by atoms with Crippen LogP contribution in [-0.2, 0) is 11.2 Å². The van der Waals surface area contributed by atoms with Crippen molar-refractivity contribution in [1.29, 1.82) is 0 Å². The molecule has 0 radical (unpaired) electrons. The normalized spacial score (nSPS) is 20.5.